The Morgan fingerprint density at radius 2 is 2.10 bits per heavy atom. The van der Waals surface area contributed by atoms with E-state index in [0.717, 1.165) is 45.3 Å². The highest BCUT2D eigenvalue weighted by Gasteiger charge is 2.23. The molecule has 0 aromatic carbocycles. The van der Waals surface area contributed by atoms with Gasteiger partial charge in [0, 0.05) is 44.1 Å². The van der Waals surface area contributed by atoms with Crippen molar-refractivity contribution in [1.82, 2.24) is 20.3 Å². The average Bonchev–Trinajstić information content (AvgIpc) is 2.81. The number of nitrogens with one attached hydrogen (secondary N) is 2. The smallest absolute Gasteiger partial charge is 0.168 e. The number of ketones is 1. The van der Waals surface area contributed by atoms with E-state index in [-0.39, 0.29) is 28.6 Å². The van der Waals surface area contributed by atoms with Gasteiger partial charge in [0.1, 0.15) is 17.6 Å². The van der Waals surface area contributed by atoms with Gasteiger partial charge in [-0.05, 0) is 24.8 Å². The van der Waals surface area contributed by atoms with Crippen LogP contribution in [0.1, 0.15) is 18.5 Å². The standard InChI is InChI=1S/C21H25ClFN5O3/c22-21-20(28-19(12-27-21)26-9-13-1-4-30-5-2-13)15-7-14(25-10-16(15)23)8-17(29)18-11-24-3-6-31-18/h7,10,12-13,18,24H,1-6,8-9,11H2,(H,26,28)/t18-/m1/s1. The van der Waals surface area contributed by atoms with Crippen LogP contribution in [-0.2, 0) is 20.7 Å². The first-order chi connectivity index (χ1) is 15.1. The number of morpholine rings is 1. The number of carbonyl (C=O) groups is 1. The summed E-state index contributed by atoms with van der Waals surface area (Å²) < 4.78 is 25.5. The Balaban J connectivity index is 1.49. The van der Waals surface area contributed by atoms with Crippen LogP contribution in [-0.4, -0.2) is 66.3 Å². The molecule has 10 heteroatoms. The Hall–Kier alpha value is -2.20. The zero-order chi connectivity index (χ0) is 21.6. The molecule has 0 spiro atoms. The van der Waals surface area contributed by atoms with E-state index in [1.165, 1.54) is 12.3 Å². The highest BCUT2D eigenvalue weighted by molar-refractivity contribution is 6.31. The number of rotatable bonds is 7. The van der Waals surface area contributed by atoms with Crippen molar-refractivity contribution in [3.05, 3.63) is 35.1 Å². The van der Waals surface area contributed by atoms with E-state index in [9.17, 15) is 9.18 Å². The predicted octanol–water partition coefficient (Wildman–Crippen LogP) is 2.27. The monoisotopic (exact) mass is 449 g/mol. The van der Waals surface area contributed by atoms with Crippen molar-refractivity contribution in [2.75, 3.05) is 44.8 Å². The molecule has 4 rings (SSSR count). The Bertz CT molecular complexity index is 920. The minimum Gasteiger partial charge on any atom is -0.381 e. The quantitative estimate of drug-likeness (QED) is 0.664. The number of nitrogens with zero attached hydrogens (tertiary/aromatic N) is 3. The number of anilines is 1. The Morgan fingerprint density at radius 3 is 2.87 bits per heavy atom. The van der Waals surface area contributed by atoms with Crippen molar-refractivity contribution in [3.63, 3.8) is 0 Å². The molecular weight excluding hydrogens is 425 g/mol. The van der Waals surface area contributed by atoms with Gasteiger partial charge in [-0.1, -0.05) is 11.6 Å². The van der Waals surface area contributed by atoms with Crippen LogP contribution in [0.15, 0.2) is 18.5 Å². The van der Waals surface area contributed by atoms with Gasteiger partial charge in [0.25, 0.3) is 0 Å². The van der Waals surface area contributed by atoms with Gasteiger partial charge >= 0.3 is 0 Å². The number of Topliss-reactive ketones (excluding diaryl/α,β-unsaturated/α-hetero) is 1. The third-order valence-electron chi connectivity index (χ3n) is 5.45. The highest BCUT2D eigenvalue weighted by Crippen LogP contribution is 2.28. The topological polar surface area (TPSA) is 98.3 Å². The molecule has 0 aliphatic carbocycles. The molecule has 2 aromatic rings. The molecule has 2 saturated heterocycles. The van der Waals surface area contributed by atoms with Crippen molar-refractivity contribution in [3.8, 4) is 11.3 Å². The minimum absolute atomic E-state index is 0.0341. The summed E-state index contributed by atoms with van der Waals surface area (Å²) in [6.07, 6.45) is 4.09. The van der Waals surface area contributed by atoms with E-state index in [1.807, 2.05) is 0 Å². The molecule has 0 amide bonds. The minimum atomic E-state index is -0.579. The van der Waals surface area contributed by atoms with Crippen molar-refractivity contribution >= 4 is 23.2 Å². The summed E-state index contributed by atoms with van der Waals surface area (Å²) in [4.78, 5) is 25.2. The number of hydrogen-bond donors (Lipinski definition) is 2. The third-order valence-corrected chi connectivity index (χ3v) is 5.73. The van der Waals surface area contributed by atoms with Crippen molar-refractivity contribution in [2.45, 2.75) is 25.4 Å². The van der Waals surface area contributed by atoms with E-state index in [4.69, 9.17) is 21.1 Å². The van der Waals surface area contributed by atoms with Gasteiger partial charge in [-0.3, -0.25) is 9.78 Å². The maximum absolute atomic E-state index is 14.6. The van der Waals surface area contributed by atoms with Gasteiger partial charge in [-0.2, -0.15) is 0 Å². The predicted molar refractivity (Wildman–Crippen MR) is 114 cm³/mol. The summed E-state index contributed by atoms with van der Waals surface area (Å²) >= 11 is 6.23. The Labute approximate surface area is 184 Å². The molecule has 2 aromatic heterocycles. The lowest BCUT2D eigenvalue weighted by atomic mass is 10.0. The van der Waals surface area contributed by atoms with Gasteiger partial charge < -0.3 is 20.1 Å². The summed E-state index contributed by atoms with van der Waals surface area (Å²) in [5.74, 6) is 0.314. The lowest BCUT2D eigenvalue weighted by Crippen LogP contribution is -2.43. The lowest BCUT2D eigenvalue weighted by molar-refractivity contribution is -0.131. The van der Waals surface area contributed by atoms with E-state index < -0.39 is 11.9 Å². The lowest BCUT2D eigenvalue weighted by Gasteiger charge is -2.22. The van der Waals surface area contributed by atoms with Crippen LogP contribution in [0.4, 0.5) is 10.2 Å². The number of hydrogen-bond acceptors (Lipinski definition) is 8. The molecule has 0 radical (unpaired) electrons. The summed E-state index contributed by atoms with van der Waals surface area (Å²) in [6.45, 7) is 3.92. The molecule has 0 bridgehead atoms. The molecular formula is C21H25ClFN5O3. The normalized spacial score (nSPS) is 19.9. The number of halogens is 2. The van der Waals surface area contributed by atoms with E-state index >= 15 is 0 Å². The zero-order valence-electron chi connectivity index (χ0n) is 17.1. The molecule has 4 heterocycles. The van der Waals surface area contributed by atoms with Gasteiger partial charge in [0.2, 0.25) is 0 Å². The van der Waals surface area contributed by atoms with E-state index in [0.29, 0.717) is 30.6 Å². The maximum atomic E-state index is 14.6. The van der Waals surface area contributed by atoms with Crippen LogP contribution in [0.2, 0.25) is 5.15 Å². The first-order valence-electron chi connectivity index (χ1n) is 10.4. The van der Waals surface area contributed by atoms with Crippen LogP contribution in [0, 0.1) is 11.7 Å². The summed E-state index contributed by atoms with van der Waals surface area (Å²) in [5, 5.41) is 6.46. The second-order valence-corrected chi connectivity index (χ2v) is 8.05. The van der Waals surface area contributed by atoms with Crippen molar-refractivity contribution < 1.29 is 18.7 Å². The molecule has 1 atom stereocenters. The molecule has 31 heavy (non-hydrogen) atoms. The van der Waals surface area contributed by atoms with Gasteiger partial charge in [0.15, 0.2) is 16.8 Å². The van der Waals surface area contributed by atoms with Crippen molar-refractivity contribution in [1.29, 1.82) is 0 Å². The fourth-order valence-corrected chi connectivity index (χ4v) is 3.85. The molecule has 2 fully saturated rings. The Kier molecular flexibility index (Phi) is 7.39. The second-order valence-electron chi connectivity index (χ2n) is 7.69. The molecule has 8 nitrogen and oxygen atoms in total. The van der Waals surface area contributed by atoms with Gasteiger partial charge in [0.05, 0.1) is 25.4 Å². The summed E-state index contributed by atoms with van der Waals surface area (Å²) in [6, 6.07) is 1.50. The molecule has 166 valence electrons. The van der Waals surface area contributed by atoms with Gasteiger partial charge in [-0.25, -0.2) is 14.4 Å². The maximum Gasteiger partial charge on any atom is 0.168 e. The molecule has 0 saturated carbocycles. The van der Waals surface area contributed by atoms with E-state index in [2.05, 4.69) is 25.6 Å². The van der Waals surface area contributed by atoms with Crippen LogP contribution in [0.5, 0.6) is 0 Å². The average molecular weight is 450 g/mol. The van der Waals surface area contributed by atoms with Crippen molar-refractivity contribution in [2.24, 2.45) is 5.92 Å². The van der Waals surface area contributed by atoms with Crippen LogP contribution < -0.4 is 10.6 Å². The first-order valence-corrected chi connectivity index (χ1v) is 10.8. The largest absolute Gasteiger partial charge is 0.381 e. The SMILES string of the molecule is O=C(Cc1cc(-c2nc(NCC3CCOCC3)cnc2Cl)c(F)cn1)[C@H]1CNCCO1. The molecule has 2 aliphatic heterocycles. The number of pyridine rings is 1. The number of ether oxygens (including phenoxy) is 2. The van der Waals surface area contributed by atoms with Gasteiger partial charge in [-0.15, -0.1) is 0 Å². The Morgan fingerprint density at radius 1 is 1.26 bits per heavy atom. The molecule has 0 unspecified atom stereocenters. The first kappa shape index (κ1) is 22.0. The van der Waals surface area contributed by atoms with Crippen LogP contribution >= 0.6 is 11.6 Å². The fraction of sp³-hybridized carbons (Fsp3) is 0.524. The van der Waals surface area contributed by atoms with E-state index in [1.54, 1.807) is 0 Å². The fourth-order valence-electron chi connectivity index (χ4n) is 3.66. The molecule has 2 aliphatic rings. The third kappa shape index (κ3) is 5.74. The highest BCUT2D eigenvalue weighted by atomic mass is 35.5. The second kappa shape index (κ2) is 10.4. The van der Waals surface area contributed by atoms with Crippen LogP contribution in [0.25, 0.3) is 11.3 Å². The van der Waals surface area contributed by atoms with Crippen LogP contribution in [0.3, 0.4) is 0 Å². The summed E-state index contributed by atoms with van der Waals surface area (Å²) in [7, 11) is 0. The summed E-state index contributed by atoms with van der Waals surface area (Å²) in [5.41, 5.74) is 0.796. The molecule has 2 N–H and O–H groups in total. The number of carbonyl (C=O) groups excluding carboxylic acids is 1. The zero-order valence-corrected chi connectivity index (χ0v) is 17.8. The number of aromatic nitrogens is 3.